The van der Waals surface area contributed by atoms with Crippen LogP contribution in [-0.2, 0) is 25.3 Å². The molecule has 2 heterocycles. The molecule has 236 valence electrons. The van der Waals surface area contributed by atoms with Gasteiger partial charge in [0.2, 0.25) is 6.79 Å². The predicted octanol–water partition coefficient (Wildman–Crippen LogP) is 2.55. The van der Waals surface area contributed by atoms with E-state index in [2.05, 4.69) is 25.2 Å². The molecule has 45 heavy (non-hydrogen) atoms. The quantitative estimate of drug-likeness (QED) is 0.112. The Balaban J connectivity index is 1.61. The molecule has 0 aliphatic carbocycles. The Kier molecular flexibility index (Phi) is 9.82. The van der Waals surface area contributed by atoms with Crippen molar-refractivity contribution < 1.29 is 47.5 Å². The summed E-state index contributed by atoms with van der Waals surface area (Å²) in [6.07, 6.45) is 1.41. The molecule has 2 aromatic heterocycles. The van der Waals surface area contributed by atoms with Gasteiger partial charge < -0.3 is 24.6 Å². The van der Waals surface area contributed by atoms with E-state index in [1.54, 1.807) is 26.0 Å². The number of phosphoric acid groups is 1. The fourth-order valence-corrected chi connectivity index (χ4v) is 4.73. The summed E-state index contributed by atoms with van der Waals surface area (Å²) in [5.41, 5.74) is 2.53. The number of carbonyl (C=O) groups excluding carboxylic acids is 4. The predicted molar refractivity (Wildman–Crippen MR) is 158 cm³/mol. The van der Waals surface area contributed by atoms with Crippen molar-refractivity contribution in [3.8, 4) is 5.75 Å². The third-order valence-electron chi connectivity index (χ3n) is 6.51. The molecule has 4 N–H and O–H groups in total. The molecule has 17 heteroatoms. The minimum Gasteiger partial charge on any atom is -0.428 e. The van der Waals surface area contributed by atoms with Crippen molar-refractivity contribution in [2.24, 2.45) is 0 Å². The number of rotatable bonds is 10. The zero-order chi connectivity index (χ0) is 32.9. The number of phosphoric ester groups is 1. The summed E-state index contributed by atoms with van der Waals surface area (Å²) in [5.74, 6) is -1.62. The van der Waals surface area contributed by atoms with Gasteiger partial charge in [0, 0.05) is 25.9 Å². The molecule has 0 unspecified atom stereocenters. The molecular weight excluding hydrogens is 611 g/mol. The zero-order valence-electron chi connectivity index (χ0n) is 24.5. The molecule has 0 fully saturated rings. The Hall–Kier alpha value is -5.31. The van der Waals surface area contributed by atoms with E-state index in [9.17, 15) is 23.7 Å². The molecule has 4 rings (SSSR count). The number of hydrogen-bond donors (Lipinski definition) is 4. The normalized spacial score (nSPS) is 11.1. The summed E-state index contributed by atoms with van der Waals surface area (Å²) in [7, 11) is -1.79. The maximum Gasteiger partial charge on any atom is 0.524 e. The van der Waals surface area contributed by atoms with E-state index in [-0.39, 0.29) is 35.1 Å². The van der Waals surface area contributed by atoms with Crippen LogP contribution in [0.1, 0.15) is 37.4 Å². The Bertz CT molecular complexity index is 1820. The largest absolute Gasteiger partial charge is 0.524 e. The number of aryl methyl sites for hydroxylation is 2. The highest BCUT2D eigenvalue weighted by Gasteiger charge is 2.29. The van der Waals surface area contributed by atoms with Crippen molar-refractivity contribution in [3.05, 3.63) is 82.8 Å². The van der Waals surface area contributed by atoms with Gasteiger partial charge in [-0.2, -0.15) is 5.10 Å². The second-order valence-electron chi connectivity index (χ2n) is 9.49. The van der Waals surface area contributed by atoms with Crippen molar-refractivity contribution in [1.82, 2.24) is 25.2 Å². The van der Waals surface area contributed by atoms with Gasteiger partial charge in [-0.05, 0) is 54.8 Å². The van der Waals surface area contributed by atoms with Gasteiger partial charge in [0.05, 0.1) is 17.7 Å². The Morgan fingerprint density at radius 1 is 0.978 bits per heavy atom. The van der Waals surface area contributed by atoms with E-state index in [0.29, 0.717) is 27.8 Å². The monoisotopic (exact) mass is 640 g/mol. The minimum absolute atomic E-state index is 0.0313. The molecular formula is C28H29N6O10P. The molecule has 3 amide bonds. The number of amides is 3. The summed E-state index contributed by atoms with van der Waals surface area (Å²) < 4.78 is 27.3. The number of anilines is 2. The summed E-state index contributed by atoms with van der Waals surface area (Å²) >= 11 is 0. The number of hydrogen-bond acceptors (Lipinski definition) is 10. The smallest absolute Gasteiger partial charge is 0.428 e. The first-order valence-corrected chi connectivity index (χ1v) is 14.7. The molecule has 0 aliphatic rings. The number of benzene rings is 2. The van der Waals surface area contributed by atoms with Gasteiger partial charge in [-0.3, -0.25) is 24.2 Å². The molecule has 0 spiro atoms. The lowest BCUT2D eigenvalue weighted by Gasteiger charge is -2.24. The number of carbonyl (C=O) groups is 4. The lowest BCUT2D eigenvalue weighted by Crippen LogP contribution is -2.30. The summed E-state index contributed by atoms with van der Waals surface area (Å²) in [6, 6.07) is 10.1. The number of nitrogens with one attached hydrogen (secondary N) is 2. The summed E-state index contributed by atoms with van der Waals surface area (Å²) in [6.45, 7) is 2.59. The lowest BCUT2D eigenvalue weighted by molar-refractivity contribution is -0.150. The van der Waals surface area contributed by atoms with Crippen molar-refractivity contribution in [2.45, 2.75) is 20.3 Å². The minimum atomic E-state index is -4.73. The molecule has 2 aromatic carbocycles. The second-order valence-corrected chi connectivity index (χ2v) is 10.7. The maximum absolute atomic E-state index is 13.7. The molecule has 0 radical (unpaired) electrons. The average molecular weight is 641 g/mol. The first-order valence-electron chi connectivity index (χ1n) is 13.2. The highest BCUT2D eigenvalue weighted by molar-refractivity contribution is 7.46. The van der Waals surface area contributed by atoms with E-state index >= 15 is 0 Å². The number of aromatic nitrogens is 3. The van der Waals surface area contributed by atoms with Gasteiger partial charge in [-0.25, -0.2) is 23.8 Å². The number of nitrogens with zero attached hydrogens (tertiary/aromatic N) is 4. The van der Waals surface area contributed by atoms with E-state index in [4.69, 9.17) is 19.3 Å². The fourth-order valence-electron chi connectivity index (χ4n) is 4.34. The number of esters is 1. The molecule has 0 saturated carbocycles. The van der Waals surface area contributed by atoms with Crippen LogP contribution in [0.15, 0.2) is 55.0 Å². The van der Waals surface area contributed by atoms with Crippen molar-refractivity contribution in [1.29, 1.82) is 0 Å². The molecule has 4 aromatic rings. The molecule has 16 nitrogen and oxygen atoms in total. The first-order chi connectivity index (χ1) is 21.3. The van der Waals surface area contributed by atoms with Gasteiger partial charge in [0.15, 0.2) is 5.82 Å². The van der Waals surface area contributed by atoms with Crippen LogP contribution < -0.4 is 20.1 Å². The van der Waals surface area contributed by atoms with Crippen LogP contribution in [0.25, 0.3) is 5.52 Å². The third-order valence-corrected chi connectivity index (χ3v) is 6.96. The van der Waals surface area contributed by atoms with Crippen LogP contribution in [0.4, 0.5) is 16.3 Å². The Labute approximate surface area is 256 Å². The number of ether oxygens (including phenoxy) is 2. The van der Waals surface area contributed by atoms with E-state index in [1.807, 2.05) is 0 Å². The van der Waals surface area contributed by atoms with E-state index < -0.39 is 32.6 Å². The first kappa shape index (κ1) is 32.6. The topological polar surface area (TPSA) is 211 Å². The lowest BCUT2D eigenvalue weighted by atomic mass is 10.1. The second kappa shape index (κ2) is 13.5. The van der Waals surface area contributed by atoms with Crippen molar-refractivity contribution >= 4 is 48.7 Å². The summed E-state index contributed by atoms with van der Waals surface area (Å²) in [5, 5.41) is 9.25. The standard InChI is InChI=1S/C28H29N6O10P/c1-16-5-8-19(26(36)29-3)12-22(16)34(25-24-17(2)21(27(37)30-4)13-33(24)32-14-31-25)28(38)43-15-42-23(35)11-18-6-9-20(10-7-18)44-45(39,40)41/h5-10,12-14H,11,15H2,1-4H3,(H,29,36)(H,30,37)(H2,39,40,41). The fraction of sp³-hybridized carbons (Fsp3) is 0.214. The summed E-state index contributed by atoms with van der Waals surface area (Å²) in [4.78, 5) is 74.3. The van der Waals surface area contributed by atoms with Crippen molar-refractivity contribution in [2.75, 3.05) is 25.8 Å². The Morgan fingerprint density at radius 3 is 2.31 bits per heavy atom. The van der Waals surface area contributed by atoms with Crippen molar-refractivity contribution in [3.63, 3.8) is 0 Å². The van der Waals surface area contributed by atoms with E-state index in [0.717, 1.165) is 4.90 Å². The Morgan fingerprint density at radius 2 is 1.67 bits per heavy atom. The molecule has 0 bridgehead atoms. The van der Waals surface area contributed by atoms with Gasteiger partial charge in [0.25, 0.3) is 11.8 Å². The van der Waals surface area contributed by atoms with Gasteiger partial charge in [0.1, 0.15) is 17.6 Å². The highest BCUT2D eigenvalue weighted by Crippen LogP contribution is 2.37. The molecule has 0 atom stereocenters. The van der Waals surface area contributed by atoms with Crippen LogP contribution in [0.5, 0.6) is 5.75 Å². The van der Waals surface area contributed by atoms with E-state index in [1.165, 1.54) is 61.5 Å². The van der Waals surface area contributed by atoms with Crippen LogP contribution in [0, 0.1) is 13.8 Å². The van der Waals surface area contributed by atoms with Gasteiger partial charge in [-0.1, -0.05) is 18.2 Å². The highest BCUT2D eigenvalue weighted by atomic mass is 31.2. The maximum atomic E-state index is 13.7. The zero-order valence-corrected chi connectivity index (χ0v) is 25.4. The molecule has 0 aliphatic heterocycles. The van der Waals surface area contributed by atoms with Gasteiger partial charge in [-0.15, -0.1) is 0 Å². The average Bonchev–Trinajstić information content (AvgIpc) is 3.34. The van der Waals surface area contributed by atoms with Crippen LogP contribution in [0.3, 0.4) is 0 Å². The molecule has 0 saturated heterocycles. The van der Waals surface area contributed by atoms with Crippen LogP contribution in [-0.4, -0.2) is 69.2 Å². The number of fused-ring (bicyclic) bond motifs is 1. The SMILES string of the molecule is CNC(=O)c1ccc(C)c(N(C(=O)OCOC(=O)Cc2ccc(OP(=O)(O)O)cc2)c2ncnn3cc(C(=O)NC)c(C)c23)c1. The van der Waals surface area contributed by atoms with Crippen LogP contribution >= 0.6 is 7.82 Å². The van der Waals surface area contributed by atoms with Gasteiger partial charge >= 0.3 is 19.9 Å². The third kappa shape index (κ3) is 7.62. The van der Waals surface area contributed by atoms with Crippen LogP contribution in [0.2, 0.25) is 0 Å².